The number of aromatic amines is 1. The SMILES string of the molecule is CC(C)c1cc(C=O)cc(-c2cc3cc(N)ccc3[nH]2)c1. The van der Waals surface area contributed by atoms with Gasteiger partial charge in [0.1, 0.15) is 6.29 Å². The van der Waals surface area contributed by atoms with Gasteiger partial charge in [0.2, 0.25) is 0 Å². The summed E-state index contributed by atoms with van der Waals surface area (Å²) < 4.78 is 0. The van der Waals surface area contributed by atoms with Crippen molar-refractivity contribution >= 4 is 22.9 Å². The molecule has 0 saturated carbocycles. The van der Waals surface area contributed by atoms with Gasteiger partial charge in [0.15, 0.2) is 0 Å². The molecule has 0 aliphatic carbocycles. The lowest BCUT2D eigenvalue weighted by Crippen LogP contribution is -1.92. The largest absolute Gasteiger partial charge is 0.399 e. The molecule has 0 atom stereocenters. The van der Waals surface area contributed by atoms with Crippen LogP contribution in [-0.4, -0.2) is 11.3 Å². The molecule has 1 heterocycles. The van der Waals surface area contributed by atoms with Crippen LogP contribution in [0, 0.1) is 0 Å². The second kappa shape index (κ2) is 5.09. The van der Waals surface area contributed by atoms with E-state index in [1.54, 1.807) is 0 Å². The van der Waals surface area contributed by atoms with Gasteiger partial charge in [-0.05, 0) is 59.5 Å². The number of H-pyrrole nitrogens is 1. The third-order valence-corrected chi connectivity index (χ3v) is 3.74. The summed E-state index contributed by atoms with van der Waals surface area (Å²) in [4.78, 5) is 14.5. The Morgan fingerprint density at radius 1 is 1.10 bits per heavy atom. The molecule has 106 valence electrons. The molecule has 0 amide bonds. The quantitative estimate of drug-likeness (QED) is 0.552. The van der Waals surface area contributed by atoms with E-state index in [-0.39, 0.29) is 0 Å². The molecule has 0 radical (unpaired) electrons. The number of fused-ring (bicyclic) bond motifs is 1. The lowest BCUT2D eigenvalue weighted by Gasteiger charge is -2.09. The van der Waals surface area contributed by atoms with Crippen LogP contribution in [0.2, 0.25) is 0 Å². The molecule has 3 nitrogen and oxygen atoms in total. The molecule has 0 aliphatic rings. The van der Waals surface area contributed by atoms with Crippen LogP contribution in [0.25, 0.3) is 22.2 Å². The second-order valence-electron chi connectivity index (χ2n) is 5.69. The van der Waals surface area contributed by atoms with Crippen molar-refractivity contribution in [2.24, 2.45) is 0 Å². The smallest absolute Gasteiger partial charge is 0.150 e. The van der Waals surface area contributed by atoms with E-state index in [2.05, 4.69) is 31.0 Å². The molecule has 1 aromatic heterocycles. The lowest BCUT2D eigenvalue weighted by molar-refractivity contribution is 0.112. The van der Waals surface area contributed by atoms with Crippen LogP contribution in [0.15, 0.2) is 42.5 Å². The highest BCUT2D eigenvalue weighted by Crippen LogP contribution is 2.28. The fourth-order valence-electron chi connectivity index (χ4n) is 2.54. The molecule has 0 unspecified atom stereocenters. The van der Waals surface area contributed by atoms with Crippen LogP contribution < -0.4 is 5.73 Å². The third kappa shape index (κ3) is 2.55. The Balaban J connectivity index is 2.16. The fraction of sp³-hybridized carbons (Fsp3) is 0.167. The third-order valence-electron chi connectivity index (χ3n) is 3.74. The van der Waals surface area contributed by atoms with Crippen molar-refractivity contribution in [3.8, 4) is 11.3 Å². The molecule has 3 aromatic rings. The van der Waals surface area contributed by atoms with E-state index in [0.29, 0.717) is 11.5 Å². The first-order valence-electron chi connectivity index (χ1n) is 7.05. The zero-order valence-corrected chi connectivity index (χ0v) is 12.2. The van der Waals surface area contributed by atoms with Crippen molar-refractivity contribution in [2.45, 2.75) is 19.8 Å². The molecule has 21 heavy (non-hydrogen) atoms. The Morgan fingerprint density at radius 3 is 2.62 bits per heavy atom. The molecule has 0 fully saturated rings. The van der Waals surface area contributed by atoms with Crippen LogP contribution in [0.1, 0.15) is 35.7 Å². The minimum atomic E-state index is 0.378. The Morgan fingerprint density at radius 2 is 1.90 bits per heavy atom. The van der Waals surface area contributed by atoms with Gasteiger partial charge in [0, 0.05) is 27.8 Å². The fourth-order valence-corrected chi connectivity index (χ4v) is 2.54. The van der Waals surface area contributed by atoms with Crippen molar-refractivity contribution < 1.29 is 4.79 Å². The van der Waals surface area contributed by atoms with Crippen molar-refractivity contribution in [1.29, 1.82) is 0 Å². The van der Waals surface area contributed by atoms with Gasteiger partial charge in [-0.3, -0.25) is 4.79 Å². The van der Waals surface area contributed by atoms with Crippen molar-refractivity contribution in [3.05, 3.63) is 53.6 Å². The number of hydrogen-bond donors (Lipinski definition) is 2. The standard InChI is InChI=1S/C18H18N2O/c1-11(2)13-5-12(10-21)6-14(7-13)18-9-15-8-16(19)3-4-17(15)20-18/h3-11,20H,19H2,1-2H3. The first kappa shape index (κ1) is 13.4. The Kier molecular flexibility index (Phi) is 3.26. The number of nitrogens with one attached hydrogen (secondary N) is 1. The molecule has 0 spiro atoms. The first-order chi connectivity index (χ1) is 10.1. The maximum absolute atomic E-state index is 11.2. The first-order valence-corrected chi connectivity index (χ1v) is 7.05. The molecule has 3 heteroatoms. The summed E-state index contributed by atoms with van der Waals surface area (Å²) in [7, 11) is 0. The maximum Gasteiger partial charge on any atom is 0.150 e. The van der Waals surface area contributed by atoms with Gasteiger partial charge >= 0.3 is 0 Å². The van der Waals surface area contributed by atoms with E-state index in [1.165, 1.54) is 0 Å². The van der Waals surface area contributed by atoms with Crippen LogP contribution >= 0.6 is 0 Å². The number of nitrogen functional groups attached to an aromatic ring is 1. The highest BCUT2D eigenvalue weighted by Gasteiger charge is 2.08. The maximum atomic E-state index is 11.2. The molecular formula is C18H18N2O. The van der Waals surface area contributed by atoms with Gasteiger partial charge in [-0.2, -0.15) is 0 Å². The zero-order chi connectivity index (χ0) is 15.0. The summed E-state index contributed by atoms with van der Waals surface area (Å²) in [6, 6.07) is 13.9. The number of rotatable bonds is 3. The van der Waals surface area contributed by atoms with Gasteiger partial charge < -0.3 is 10.7 Å². The minimum Gasteiger partial charge on any atom is -0.399 e. The number of nitrogens with two attached hydrogens (primary N) is 1. The van der Waals surface area contributed by atoms with E-state index in [0.717, 1.165) is 39.7 Å². The van der Waals surface area contributed by atoms with Crippen molar-refractivity contribution in [3.63, 3.8) is 0 Å². The summed E-state index contributed by atoms with van der Waals surface area (Å²) in [5.41, 5.74) is 11.5. The molecule has 0 saturated heterocycles. The van der Waals surface area contributed by atoms with Crippen molar-refractivity contribution in [2.75, 3.05) is 5.73 Å². The van der Waals surface area contributed by atoms with Crippen LogP contribution in [0.3, 0.4) is 0 Å². The normalized spacial score (nSPS) is 11.2. The molecule has 3 rings (SSSR count). The number of aromatic nitrogens is 1. The minimum absolute atomic E-state index is 0.378. The predicted molar refractivity (Wildman–Crippen MR) is 87.6 cm³/mol. The van der Waals surface area contributed by atoms with Gasteiger partial charge in [0.25, 0.3) is 0 Å². The average Bonchev–Trinajstić information content (AvgIpc) is 2.89. The van der Waals surface area contributed by atoms with Crippen LogP contribution in [0.4, 0.5) is 5.69 Å². The van der Waals surface area contributed by atoms with Gasteiger partial charge in [-0.25, -0.2) is 0 Å². The summed E-state index contributed by atoms with van der Waals surface area (Å²) in [6.07, 6.45) is 0.899. The summed E-state index contributed by atoms with van der Waals surface area (Å²) in [5.74, 6) is 0.378. The highest BCUT2D eigenvalue weighted by atomic mass is 16.1. The van der Waals surface area contributed by atoms with Crippen LogP contribution in [-0.2, 0) is 0 Å². The molecular weight excluding hydrogens is 260 g/mol. The van der Waals surface area contributed by atoms with Gasteiger partial charge in [-0.1, -0.05) is 13.8 Å². The summed E-state index contributed by atoms with van der Waals surface area (Å²) in [5, 5.41) is 1.08. The number of hydrogen-bond acceptors (Lipinski definition) is 2. The number of benzene rings is 2. The molecule has 0 bridgehead atoms. The monoisotopic (exact) mass is 278 g/mol. The molecule has 3 N–H and O–H groups in total. The van der Waals surface area contributed by atoms with E-state index in [9.17, 15) is 4.79 Å². The number of carbonyl (C=O) groups excluding carboxylic acids is 1. The van der Waals surface area contributed by atoms with Gasteiger partial charge in [-0.15, -0.1) is 0 Å². The number of anilines is 1. The Hall–Kier alpha value is -2.55. The number of carbonyl (C=O) groups is 1. The Bertz CT molecular complexity index is 815. The zero-order valence-electron chi connectivity index (χ0n) is 12.2. The van der Waals surface area contributed by atoms with Crippen molar-refractivity contribution in [1.82, 2.24) is 4.98 Å². The van der Waals surface area contributed by atoms with E-state index < -0.39 is 0 Å². The topological polar surface area (TPSA) is 58.9 Å². The highest BCUT2D eigenvalue weighted by molar-refractivity contribution is 5.89. The van der Waals surface area contributed by atoms with E-state index in [4.69, 9.17) is 5.73 Å². The second-order valence-corrected chi connectivity index (χ2v) is 5.69. The van der Waals surface area contributed by atoms with E-state index >= 15 is 0 Å². The molecule has 2 aromatic carbocycles. The average molecular weight is 278 g/mol. The Labute approximate surface area is 123 Å². The molecule has 0 aliphatic heterocycles. The van der Waals surface area contributed by atoms with Gasteiger partial charge in [0.05, 0.1) is 0 Å². The lowest BCUT2D eigenvalue weighted by atomic mass is 9.97. The number of aldehydes is 1. The summed E-state index contributed by atoms with van der Waals surface area (Å²) in [6.45, 7) is 4.25. The predicted octanol–water partition coefficient (Wildman–Crippen LogP) is 4.35. The van der Waals surface area contributed by atoms with E-state index in [1.807, 2.05) is 30.3 Å². The summed E-state index contributed by atoms with van der Waals surface area (Å²) >= 11 is 0. The van der Waals surface area contributed by atoms with Crippen LogP contribution in [0.5, 0.6) is 0 Å².